The van der Waals surface area contributed by atoms with E-state index in [-0.39, 0.29) is 41.3 Å². The summed E-state index contributed by atoms with van der Waals surface area (Å²) < 4.78 is 19.0. The minimum absolute atomic E-state index is 0.0404. The first-order chi connectivity index (χ1) is 22.3. The Morgan fingerprint density at radius 1 is 0.915 bits per heavy atom. The number of benzene rings is 3. The fraction of sp³-hybridized carbons (Fsp3) is 0.265. The second-order valence-corrected chi connectivity index (χ2v) is 13.3. The van der Waals surface area contributed by atoms with E-state index in [9.17, 15) is 38.6 Å². The van der Waals surface area contributed by atoms with Gasteiger partial charge in [-0.3, -0.25) is 24.1 Å². The topological polar surface area (TPSA) is 142 Å². The van der Waals surface area contributed by atoms with Crippen LogP contribution in [0, 0.1) is 23.6 Å². The van der Waals surface area contributed by atoms with Crippen LogP contribution in [0.5, 0.6) is 11.5 Å². The highest BCUT2D eigenvalue weighted by molar-refractivity contribution is 6.58. The molecule has 240 valence electrons. The maximum atomic E-state index is 14.4. The number of carbonyl (C=O) groups is 5. The quantitative estimate of drug-likeness (QED) is 0.218. The number of methoxy groups -OCH3 is 1. The molecule has 4 aliphatic rings. The smallest absolute Gasteiger partial charge is 0.335 e. The fourth-order valence-corrected chi connectivity index (χ4v) is 8.63. The molecule has 2 N–H and O–H groups in total. The van der Waals surface area contributed by atoms with Crippen molar-refractivity contribution in [1.29, 1.82) is 0 Å². The van der Waals surface area contributed by atoms with Crippen LogP contribution in [0.25, 0.3) is 0 Å². The molecule has 0 aromatic heterocycles. The molecule has 0 radical (unpaired) electrons. The van der Waals surface area contributed by atoms with Gasteiger partial charge in [0.05, 0.1) is 35.9 Å². The number of nitrogens with zero attached hydrogens (tertiary/aromatic N) is 2. The van der Waals surface area contributed by atoms with Gasteiger partial charge in [-0.1, -0.05) is 23.8 Å². The molecule has 2 aliphatic heterocycles. The molecule has 0 unspecified atom stereocenters. The van der Waals surface area contributed by atoms with Gasteiger partial charge in [-0.2, -0.15) is 0 Å². The summed E-state index contributed by atoms with van der Waals surface area (Å²) in [5.74, 6) is -8.76. The lowest BCUT2D eigenvalue weighted by atomic mass is 9.56. The van der Waals surface area contributed by atoms with Crippen LogP contribution in [-0.4, -0.2) is 56.7 Å². The number of hydrogen-bond acceptors (Lipinski definition) is 7. The van der Waals surface area contributed by atoms with Gasteiger partial charge in [0.15, 0.2) is 21.2 Å². The molecule has 1 saturated carbocycles. The third-order valence-corrected chi connectivity index (χ3v) is 11.2. The van der Waals surface area contributed by atoms with E-state index in [0.29, 0.717) is 11.1 Å². The zero-order valence-electron chi connectivity index (χ0n) is 24.5. The number of carboxylic acid groups (broad SMARTS) is 1. The van der Waals surface area contributed by atoms with Gasteiger partial charge in [-0.25, -0.2) is 14.1 Å². The molecule has 6 atom stereocenters. The van der Waals surface area contributed by atoms with E-state index in [1.165, 1.54) is 55.6 Å². The summed E-state index contributed by atoms with van der Waals surface area (Å²) in [5, 5.41) is 20.3. The van der Waals surface area contributed by atoms with E-state index >= 15 is 0 Å². The van der Waals surface area contributed by atoms with Crippen LogP contribution in [0.3, 0.4) is 0 Å². The molecule has 13 heteroatoms. The summed E-state index contributed by atoms with van der Waals surface area (Å²) in [6.45, 7) is 0. The van der Waals surface area contributed by atoms with E-state index in [1.54, 1.807) is 12.1 Å². The van der Waals surface area contributed by atoms with Crippen LogP contribution in [0.1, 0.15) is 34.7 Å². The van der Waals surface area contributed by atoms with Gasteiger partial charge in [0.2, 0.25) is 11.8 Å². The van der Waals surface area contributed by atoms with Crippen molar-refractivity contribution in [1.82, 2.24) is 0 Å². The number of hydrogen-bond donors (Lipinski definition) is 2. The Hall–Kier alpha value is -4.74. The van der Waals surface area contributed by atoms with Gasteiger partial charge in [-0.05, 0) is 78.9 Å². The predicted octanol–water partition coefficient (Wildman–Crippen LogP) is 5.01. The second kappa shape index (κ2) is 10.6. The minimum Gasteiger partial charge on any atom is -0.504 e. The highest BCUT2D eigenvalue weighted by atomic mass is 35.5. The first kappa shape index (κ1) is 30.9. The molecule has 7 rings (SSSR count). The molecule has 2 aliphatic carbocycles. The van der Waals surface area contributed by atoms with Crippen molar-refractivity contribution in [2.75, 3.05) is 16.9 Å². The van der Waals surface area contributed by atoms with Crippen molar-refractivity contribution < 1.29 is 43.3 Å². The Kier molecular flexibility index (Phi) is 7.00. The van der Waals surface area contributed by atoms with Crippen molar-refractivity contribution in [2.45, 2.75) is 28.5 Å². The van der Waals surface area contributed by atoms with Crippen LogP contribution in [0.15, 0.2) is 78.4 Å². The van der Waals surface area contributed by atoms with Gasteiger partial charge in [-0.15, -0.1) is 23.2 Å². The number of carbonyl (C=O) groups excluding carboxylic acids is 4. The van der Waals surface area contributed by atoms with E-state index < -0.39 is 68.8 Å². The van der Waals surface area contributed by atoms with Crippen molar-refractivity contribution >= 4 is 64.2 Å². The SMILES string of the molecule is COc1ccc([C@H]2C3=CC[C@@H]4C(=O)N(c5cccc(C(=O)O)c5)C(=O)[C@@H]4[C@@H]3C[C@@]3(Cl)C(=O)N(c4ccc(F)cc4)C(=O)[C@@]23Cl)cc1O. The molecule has 3 aromatic rings. The maximum absolute atomic E-state index is 14.4. The number of phenolic OH excluding ortho intramolecular Hbond substituents is 1. The van der Waals surface area contributed by atoms with Gasteiger partial charge in [0.1, 0.15) is 5.82 Å². The van der Waals surface area contributed by atoms with Gasteiger partial charge >= 0.3 is 5.97 Å². The van der Waals surface area contributed by atoms with Crippen molar-refractivity contribution in [3.05, 3.63) is 95.3 Å². The number of imide groups is 2. The minimum atomic E-state index is -2.17. The van der Waals surface area contributed by atoms with Crippen LogP contribution >= 0.6 is 23.2 Å². The Morgan fingerprint density at radius 3 is 2.30 bits per heavy atom. The fourth-order valence-electron chi connectivity index (χ4n) is 7.69. The van der Waals surface area contributed by atoms with Crippen LogP contribution < -0.4 is 14.5 Å². The Balaban J connectivity index is 1.39. The standard InChI is InChI=1S/C34H25Cl2FN2O8/c1-47-25-12-5-16(14-24(25)40)27-21-10-11-22-26(29(42)38(28(22)41)20-4-2-3-17(13-20)30(43)44)23(21)15-33(35)31(45)39(32(46)34(27,33)36)19-8-6-18(37)7-9-19/h2-10,12-14,22-23,26-27,40H,11,15H2,1H3,(H,43,44)/t22-,23+,26-,27-,33+,34-/m0/s1. The maximum Gasteiger partial charge on any atom is 0.335 e. The van der Waals surface area contributed by atoms with Gasteiger partial charge in [0, 0.05) is 5.92 Å². The number of fused-ring (bicyclic) bond motifs is 4. The summed E-state index contributed by atoms with van der Waals surface area (Å²) in [7, 11) is 1.36. The molecule has 47 heavy (non-hydrogen) atoms. The number of amides is 4. The number of phenols is 1. The number of alkyl halides is 2. The largest absolute Gasteiger partial charge is 0.504 e. The Bertz CT molecular complexity index is 1950. The number of aromatic carboxylic acids is 1. The molecule has 3 aromatic carbocycles. The zero-order chi connectivity index (χ0) is 33.6. The number of aromatic hydroxyl groups is 1. The molecular formula is C34H25Cl2FN2O8. The number of allylic oxidation sites excluding steroid dienone is 2. The predicted molar refractivity (Wildman–Crippen MR) is 167 cm³/mol. The number of rotatable bonds is 5. The average Bonchev–Trinajstić information content (AvgIpc) is 3.39. The average molecular weight is 679 g/mol. The first-order valence-electron chi connectivity index (χ1n) is 14.6. The molecule has 4 amide bonds. The van der Waals surface area contributed by atoms with Crippen molar-refractivity contribution in [3.63, 3.8) is 0 Å². The van der Waals surface area contributed by atoms with E-state index in [2.05, 4.69) is 0 Å². The van der Waals surface area contributed by atoms with Crippen LogP contribution in [-0.2, 0) is 19.2 Å². The van der Waals surface area contributed by atoms with Crippen molar-refractivity contribution in [2.24, 2.45) is 17.8 Å². The van der Waals surface area contributed by atoms with Gasteiger partial charge in [0.25, 0.3) is 11.8 Å². The molecule has 0 bridgehead atoms. The third kappa shape index (κ3) is 4.19. The van der Waals surface area contributed by atoms with E-state index in [1.807, 2.05) is 0 Å². The van der Waals surface area contributed by atoms with Crippen molar-refractivity contribution in [3.8, 4) is 11.5 Å². The monoisotopic (exact) mass is 678 g/mol. The molecule has 0 spiro atoms. The van der Waals surface area contributed by atoms with E-state index in [0.717, 1.165) is 21.9 Å². The Labute approximate surface area is 276 Å². The number of halogens is 3. The summed E-state index contributed by atoms with van der Waals surface area (Å²) in [6, 6.07) is 14.5. The normalized spacial score (nSPS) is 29.7. The third-order valence-electron chi connectivity index (χ3n) is 9.78. The second-order valence-electron chi connectivity index (χ2n) is 12.0. The van der Waals surface area contributed by atoms with Crippen LogP contribution in [0.2, 0.25) is 0 Å². The Morgan fingerprint density at radius 2 is 1.64 bits per heavy atom. The summed E-state index contributed by atoms with van der Waals surface area (Å²) in [5.41, 5.74) is 0.814. The van der Waals surface area contributed by atoms with E-state index in [4.69, 9.17) is 27.9 Å². The first-order valence-corrected chi connectivity index (χ1v) is 15.4. The molecule has 2 saturated heterocycles. The number of carboxylic acids is 1. The molecular weight excluding hydrogens is 654 g/mol. The van der Waals surface area contributed by atoms with Crippen LogP contribution in [0.4, 0.5) is 15.8 Å². The summed E-state index contributed by atoms with van der Waals surface area (Å²) in [6.07, 6.45) is 1.52. The highest BCUT2D eigenvalue weighted by Crippen LogP contribution is 2.66. The lowest BCUT2D eigenvalue weighted by molar-refractivity contribution is -0.125. The lowest BCUT2D eigenvalue weighted by Gasteiger charge is -2.50. The molecule has 3 fully saturated rings. The summed E-state index contributed by atoms with van der Waals surface area (Å²) >= 11 is 14.6. The lowest BCUT2D eigenvalue weighted by Crippen LogP contribution is -2.60. The molecule has 2 heterocycles. The van der Waals surface area contributed by atoms with Gasteiger partial charge < -0.3 is 14.9 Å². The zero-order valence-corrected chi connectivity index (χ0v) is 26.0. The molecule has 10 nitrogen and oxygen atoms in total. The highest BCUT2D eigenvalue weighted by Gasteiger charge is 2.76. The number of ether oxygens (including phenoxy) is 1. The number of anilines is 2. The summed E-state index contributed by atoms with van der Waals surface area (Å²) in [4.78, 5) is 65.8.